The molecule has 6 N–H and O–H groups in total. The monoisotopic (exact) mass is 418 g/mol. The Balaban J connectivity index is 1.72. The van der Waals surface area contributed by atoms with E-state index in [0.29, 0.717) is 0 Å². The molecule has 1 heterocycles. The van der Waals surface area contributed by atoms with Crippen LogP contribution < -0.4 is 4.74 Å². The highest BCUT2D eigenvalue weighted by atomic mass is 16.7. The minimum atomic E-state index is -1.74. The lowest BCUT2D eigenvalue weighted by atomic mass is 9.83. The van der Waals surface area contributed by atoms with E-state index >= 15 is 0 Å². The van der Waals surface area contributed by atoms with Crippen LogP contribution in [-0.2, 0) is 4.74 Å². The van der Waals surface area contributed by atoms with Gasteiger partial charge in [0.1, 0.15) is 30.2 Å². The number of aromatic hydroxyl groups is 2. The molecule has 1 saturated heterocycles. The van der Waals surface area contributed by atoms with Crippen molar-refractivity contribution in [2.24, 2.45) is 0 Å². The van der Waals surface area contributed by atoms with E-state index in [9.17, 15) is 40.2 Å². The summed E-state index contributed by atoms with van der Waals surface area (Å²) in [6.45, 7) is -0.677. The molecule has 1 aliphatic heterocycles. The fraction of sp³-hybridized carbons (Fsp3) is 0.300. The maximum absolute atomic E-state index is 12.9. The molecule has 0 spiro atoms. The Hall–Kier alpha value is -3.02. The molecular weight excluding hydrogens is 400 g/mol. The summed E-state index contributed by atoms with van der Waals surface area (Å²) in [5.41, 5.74) is -0.752. The van der Waals surface area contributed by atoms with E-state index in [1.807, 2.05) is 0 Å². The molecule has 2 aromatic rings. The number of aliphatic hydroxyl groups excluding tert-OH is 4. The van der Waals surface area contributed by atoms with Gasteiger partial charge in [-0.3, -0.25) is 9.59 Å². The lowest BCUT2D eigenvalue weighted by Crippen LogP contribution is -2.60. The average molecular weight is 418 g/mol. The van der Waals surface area contributed by atoms with E-state index in [1.165, 1.54) is 30.3 Å². The molecule has 158 valence electrons. The van der Waals surface area contributed by atoms with Gasteiger partial charge in [-0.1, -0.05) is 12.1 Å². The van der Waals surface area contributed by atoms with Crippen molar-refractivity contribution in [1.82, 2.24) is 0 Å². The van der Waals surface area contributed by atoms with Crippen LogP contribution in [0.3, 0.4) is 0 Å². The van der Waals surface area contributed by atoms with Crippen LogP contribution in [0.25, 0.3) is 0 Å². The van der Waals surface area contributed by atoms with Crippen LogP contribution in [0.1, 0.15) is 31.8 Å². The molecule has 4 rings (SSSR count). The second-order valence-corrected chi connectivity index (χ2v) is 7.01. The van der Waals surface area contributed by atoms with E-state index in [2.05, 4.69) is 0 Å². The predicted molar refractivity (Wildman–Crippen MR) is 97.5 cm³/mol. The van der Waals surface area contributed by atoms with Crippen molar-refractivity contribution in [2.75, 3.05) is 6.61 Å². The van der Waals surface area contributed by atoms with Crippen molar-refractivity contribution in [1.29, 1.82) is 0 Å². The number of fused-ring (bicyclic) bond motifs is 2. The number of ether oxygens (including phenoxy) is 2. The summed E-state index contributed by atoms with van der Waals surface area (Å²) in [6.07, 6.45) is -7.87. The fourth-order valence-corrected chi connectivity index (χ4v) is 3.61. The second-order valence-electron chi connectivity index (χ2n) is 7.01. The molecule has 30 heavy (non-hydrogen) atoms. The van der Waals surface area contributed by atoms with Gasteiger partial charge in [0, 0.05) is 11.1 Å². The standard InChI is InChI=1S/C20H18O10/c21-6-11-16(25)18(27)19(28)20(30-11)29-10-5-4-8-13(15(10)24)17(26)12-7(14(8)23)2-1-3-9(12)22/h1-5,11,16,18-22,24-25,27-28H,6H2/t11-,16-,18+,19-,20-/m0/s1. The Bertz CT molecular complexity index is 1030. The van der Waals surface area contributed by atoms with Crippen LogP contribution in [0, 0.1) is 0 Å². The number of benzene rings is 2. The van der Waals surface area contributed by atoms with Gasteiger partial charge in [-0.25, -0.2) is 0 Å². The number of phenols is 2. The molecule has 10 nitrogen and oxygen atoms in total. The quantitative estimate of drug-likeness (QED) is 0.311. The topological polar surface area (TPSA) is 174 Å². The molecule has 2 aliphatic rings. The van der Waals surface area contributed by atoms with Gasteiger partial charge in [-0.2, -0.15) is 0 Å². The molecule has 0 amide bonds. The molecule has 0 saturated carbocycles. The Morgan fingerprint density at radius 2 is 1.57 bits per heavy atom. The van der Waals surface area contributed by atoms with E-state index in [1.54, 1.807) is 0 Å². The summed E-state index contributed by atoms with van der Waals surface area (Å²) in [4.78, 5) is 25.6. The number of carbonyl (C=O) groups is 2. The molecule has 1 fully saturated rings. The summed E-state index contributed by atoms with van der Waals surface area (Å²) in [6, 6.07) is 6.45. The third-order valence-corrected chi connectivity index (χ3v) is 5.22. The first-order chi connectivity index (χ1) is 14.3. The third kappa shape index (κ3) is 2.93. The summed E-state index contributed by atoms with van der Waals surface area (Å²) >= 11 is 0. The number of carbonyl (C=O) groups excluding carboxylic acids is 2. The minimum Gasteiger partial charge on any atom is -0.507 e. The number of aliphatic hydroxyl groups is 4. The Labute approximate surface area is 169 Å². The molecule has 1 aliphatic carbocycles. The summed E-state index contributed by atoms with van der Waals surface area (Å²) < 4.78 is 10.6. The first-order valence-corrected chi connectivity index (χ1v) is 9.00. The van der Waals surface area contributed by atoms with Gasteiger partial charge in [0.15, 0.2) is 17.3 Å². The maximum Gasteiger partial charge on any atom is 0.229 e. The molecular formula is C20H18O10. The van der Waals surface area contributed by atoms with Crippen molar-refractivity contribution in [3.63, 3.8) is 0 Å². The summed E-state index contributed by atoms with van der Waals surface area (Å²) in [5, 5.41) is 59.7. The molecule has 0 aromatic heterocycles. The van der Waals surface area contributed by atoms with Crippen LogP contribution in [0.5, 0.6) is 17.2 Å². The van der Waals surface area contributed by atoms with Crippen molar-refractivity contribution in [3.8, 4) is 17.2 Å². The van der Waals surface area contributed by atoms with Crippen LogP contribution in [0.15, 0.2) is 30.3 Å². The number of rotatable bonds is 3. The fourth-order valence-electron chi connectivity index (χ4n) is 3.61. The second kappa shape index (κ2) is 7.35. The largest absolute Gasteiger partial charge is 0.507 e. The smallest absolute Gasteiger partial charge is 0.229 e. The summed E-state index contributed by atoms with van der Waals surface area (Å²) in [5.74, 6) is -2.87. The first-order valence-electron chi connectivity index (χ1n) is 9.00. The maximum atomic E-state index is 12.9. The van der Waals surface area contributed by atoms with Crippen molar-refractivity contribution in [2.45, 2.75) is 30.7 Å². The van der Waals surface area contributed by atoms with E-state index in [0.717, 1.165) is 0 Å². The van der Waals surface area contributed by atoms with E-state index in [-0.39, 0.29) is 22.4 Å². The third-order valence-electron chi connectivity index (χ3n) is 5.22. The highest BCUT2D eigenvalue weighted by Gasteiger charge is 2.45. The number of hydrogen-bond donors (Lipinski definition) is 6. The average Bonchev–Trinajstić information content (AvgIpc) is 2.73. The Kier molecular flexibility index (Phi) is 4.96. The van der Waals surface area contributed by atoms with Gasteiger partial charge in [0.25, 0.3) is 0 Å². The zero-order chi connectivity index (χ0) is 21.7. The van der Waals surface area contributed by atoms with E-state index in [4.69, 9.17) is 9.47 Å². The van der Waals surface area contributed by atoms with E-state index < -0.39 is 65.9 Å². The van der Waals surface area contributed by atoms with Crippen molar-refractivity contribution >= 4 is 11.6 Å². The number of hydrogen-bond acceptors (Lipinski definition) is 10. The van der Waals surface area contributed by atoms with Gasteiger partial charge in [-0.05, 0) is 18.2 Å². The lowest BCUT2D eigenvalue weighted by molar-refractivity contribution is -0.277. The zero-order valence-electron chi connectivity index (χ0n) is 15.3. The van der Waals surface area contributed by atoms with Crippen molar-refractivity contribution in [3.05, 3.63) is 52.6 Å². The highest BCUT2D eigenvalue weighted by Crippen LogP contribution is 2.41. The van der Waals surface area contributed by atoms with Crippen molar-refractivity contribution < 1.29 is 49.7 Å². The van der Waals surface area contributed by atoms with Crippen LogP contribution in [-0.4, -0.2) is 79.5 Å². The van der Waals surface area contributed by atoms with Gasteiger partial charge in [0.2, 0.25) is 12.1 Å². The normalized spacial score (nSPS) is 28.1. The number of phenolic OH excluding ortho intramolecular Hbond substituents is 2. The molecule has 0 radical (unpaired) electrons. The SMILES string of the molecule is O=C1c2cccc(O)c2C(=O)c2c1ccc(O[C@H]1O[C@@H](CO)[C@H](O)[C@@H](O)[C@@H]1O)c2O. The van der Waals surface area contributed by atoms with Gasteiger partial charge in [0.05, 0.1) is 17.7 Å². The van der Waals surface area contributed by atoms with Gasteiger partial charge in [-0.15, -0.1) is 0 Å². The molecule has 2 aromatic carbocycles. The first kappa shape index (κ1) is 20.3. The zero-order valence-corrected chi connectivity index (χ0v) is 15.3. The molecule has 10 heteroatoms. The Morgan fingerprint density at radius 3 is 2.27 bits per heavy atom. The van der Waals surface area contributed by atoms with Gasteiger partial charge < -0.3 is 40.1 Å². The van der Waals surface area contributed by atoms with Crippen LogP contribution in [0.2, 0.25) is 0 Å². The molecule has 5 atom stereocenters. The predicted octanol–water partition coefficient (Wildman–Crippen LogP) is -0.948. The number of ketones is 2. The lowest BCUT2D eigenvalue weighted by Gasteiger charge is -2.39. The molecule has 0 unspecified atom stereocenters. The van der Waals surface area contributed by atoms with Gasteiger partial charge >= 0.3 is 0 Å². The van der Waals surface area contributed by atoms with Crippen LogP contribution in [0.4, 0.5) is 0 Å². The Morgan fingerprint density at radius 1 is 0.867 bits per heavy atom. The minimum absolute atomic E-state index is 0.00509. The molecule has 0 bridgehead atoms. The summed E-state index contributed by atoms with van der Waals surface area (Å²) in [7, 11) is 0. The van der Waals surface area contributed by atoms with Crippen LogP contribution >= 0.6 is 0 Å². The highest BCUT2D eigenvalue weighted by molar-refractivity contribution is 6.30.